The molecule has 3 aromatic carbocycles. The van der Waals surface area contributed by atoms with Gasteiger partial charge in [0.2, 0.25) is 0 Å². The number of carbonyl (C=O) groups excluding carboxylic acids is 3. The quantitative estimate of drug-likeness (QED) is 0.150. The topological polar surface area (TPSA) is 109 Å². The Morgan fingerprint density at radius 3 is 2.39 bits per heavy atom. The van der Waals surface area contributed by atoms with Crippen LogP contribution in [0.1, 0.15) is 56.7 Å². The van der Waals surface area contributed by atoms with Gasteiger partial charge in [-0.1, -0.05) is 36.8 Å². The van der Waals surface area contributed by atoms with Gasteiger partial charge in [-0.15, -0.1) is 0 Å². The average molecular weight is 555 g/mol. The van der Waals surface area contributed by atoms with Crippen molar-refractivity contribution in [2.24, 2.45) is 0 Å². The van der Waals surface area contributed by atoms with Crippen molar-refractivity contribution in [3.63, 3.8) is 0 Å². The maximum atomic E-state index is 13.3. The molecular weight excluding hydrogens is 520 g/mol. The number of nitrogens with one attached hydrogen (secondary N) is 3. The van der Waals surface area contributed by atoms with Crippen molar-refractivity contribution in [3.8, 4) is 0 Å². The second kappa shape index (κ2) is 12.8. The van der Waals surface area contributed by atoms with Gasteiger partial charge in [-0.3, -0.25) is 14.4 Å². The molecule has 9 nitrogen and oxygen atoms in total. The van der Waals surface area contributed by atoms with Gasteiger partial charge >= 0.3 is 5.97 Å². The number of ether oxygens (including phenoxy) is 1. The lowest BCUT2D eigenvalue weighted by Gasteiger charge is -2.25. The number of methoxy groups -OCH3 is 1. The van der Waals surface area contributed by atoms with Crippen LogP contribution in [0.4, 0.5) is 11.4 Å². The van der Waals surface area contributed by atoms with E-state index in [0.717, 1.165) is 25.2 Å². The number of amides is 2. The number of anilines is 2. The van der Waals surface area contributed by atoms with E-state index in [-0.39, 0.29) is 11.8 Å². The minimum Gasteiger partial charge on any atom is -0.465 e. The number of hydrogen-bond donors (Lipinski definition) is 3. The first-order chi connectivity index (χ1) is 19.9. The second-order valence-corrected chi connectivity index (χ2v) is 10.2. The molecule has 1 saturated heterocycles. The number of hydroxylamine groups is 1. The molecule has 0 unspecified atom stereocenters. The molecule has 0 spiro atoms. The molecule has 2 amide bonds. The van der Waals surface area contributed by atoms with Crippen LogP contribution in [0, 0.1) is 6.92 Å². The zero-order valence-corrected chi connectivity index (χ0v) is 23.3. The molecule has 3 N–H and O–H groups in total. The molecule has 2 aliphatic heterocycles. The SMILES string of the molecule is COC(=O)c1cc2c(cc1C)/C(=C(/Nc1ccc(C(=O)NOCCN3CCCCC3)cc1)c1ccccc1)C(=O)N2. The fourth-order valence-corrected chi connectivity index (χ4v) is 5.17. The van der Waals surface area contributed by atoms with Crippen LogP contribution in [0.5, 0.6) is 0 Å². The lowest BCUT2D eigenvalue weighted by Crippen LogP contribution is -2.35. The smallest absolute Gasteiger partial charge is 0.338 e. The van der Waals surface area contributed by atoms with Gasteiger partial charge in [-0.2, -0.15) is 0 Å². The number of aryl methyl sites for hydroxylation is 1. The van der Waals surface area contributed by atoms with Crippen LogP contribution in [0.3, 0.4) is 0 Å². The maximum Gasteiger partial charge on any atom is 0.338 e. The third-order valence-corrected chi connectivity index (χ3v) is 7.37. The standard InChI is InChI=1S/C32H34N4O5/c1-21-19-26-27(20-25(21)32(39)40-2)34-31(38)28(26)29(22-9-5-3-6-10-22)33-24-13-11-23(12-14-24)30(37)35-41-18-17-36-15-7-4-8-16-36/h3,5-6,9-14,19-20,33H,4,7-8,15-18H2,1-2H3,(H,34,38)(H,35,37)/b29-28-. The van der Waals surface area contributed by atoms with Gasteiger partial charge in [0.15, 0.2) is 0 Å². The van der Waals surface area contributed by atoms with E-state index in [1.165, 1.54) is 26.4 Å². The van der Waals surface area contributed by atoms with Gasteiger partial charge in [0.1, 0.15) is 0 Å². The van der Waals surface area contributed by atoms with Crippen LogP contribution >= 0.6 is 0 Å². The number of carbonyl (C=O) groups is 3. The Hall–Kier alpha value is -4.47. The summed E-state index contributed by atoms with van der Waals surface area (Å²) in [5.74, 6) is -1.07. The van der Waals surface area contributed by atoms with Crippen molar-refractivity contribution in [1.29, 1.82) is 0 Å². The van der Waals surface area contributed by atoms with E-state index in [9.17, 15) is 14.4 Å². The fraction of sp³-hybridized carbons (Fsp3) is 0.281. The van der Waals surface area contributed by atoms with E-state index < -0.39 is 5.97 Å². The minimum absolute atomic E-state index is 0.287. The summed E-state index contributed by atoms with van der Waals surface area (Å²) >= 11 is 0. The Bertz CT molecular complexity index is 1460. The molecule has 0 saturated carbocycles. The lowest BCUT2D eigenvalue weighted by atomic mass is 9.96. The number of likely N-dealkylation sites (tertiary alicyclic amines) is 1. The van der Waals surface area contributed by atoms with Gasteiger partial charge in [-0.25, -0.2) is 10.3 Å². The third-order valence-electron chi connectivity index (χ3n) is 7.37. The van der Waals surface area contributed by atoms with Gasteiger partial charge < -0.3 is 20.3 Å². The predicted molar refractivity (Wildman–Crippen MR) is 158 cm³/mol. The van der Waals surface area contributed by atoms with Crippen molar-refractivity contribution in [2.45, 2.75) is 26.2 Å². The molecule has 3 aromatic rings. The summed E-state index contributed by atoms with van der Waals surface area (Å²) in [5, 5.41) is 6.27. The Balaban J connectivity index is 1.35. The summed E-state index contributed by atoms with van der Waals surface area (Å²) in [6.45, 7) is 5.19. The summed E-state index contributed by atoms with van der Waals surface area (Å²) in [5.41, 5.74) is 7.86. The first-order valence-electron chi connectivity index (χ1n) is 13.8. The molecule has 0 aromatic heterocycles. The predicted octanol–water partition coefficient (Wildman–Crippen LogP) is 4.86. The highest BCUT2D eigenvalue weighted by Crippen LogP contribution is 2.39. The van der Waals surface area contributed by atoms with Crippen LogP contribution in [-0.2, 0) is 14.4 Å². The molecule has 41 heavy (non-hydrogen) atoms. The minimum atomic E-state index is -0.463. The van der Waals surface area contributed by atoms with Crippen LogP contribution in [0.15, 0.2) is 66.7 Å². The molecule has 0 radical (unpaired) electrons. The molecule has 2 aliphatic rings. The van der Waals surface area contributed by atoms with Crippen molar-refractivity contribution in [1.82, 2.24) is 10.4 Å². The maximum absolute atomic E-state index is 13.3. The van der Waals surface area contributed by atoms with E-state index >= 15 is 0 Å². The molecule has 0 atom stereocenters. The van der Waals surface area contributed by atoms with E-state index in [0.29, 0.717) is 51.5 Å². The highest BCUT2D eigenvalue weighted by Gasteiger charge is 2.30. The molecule has 5 rings (SSSR count). The number of esters is 1. The zero-order chi connectivity index (χ0) is 28.8. The first-order valence-corrected chi connectivity index (χ1v) is 13.8. The lowest BCUT2D eigenvalue weighted by molar-refractivity contribution is -0.110. The van der Waals surface area contributed by atoms with Crippen LogP contribution < -0.4 is 16.1 Å². The van der Waals surface area contributed by atoms with E-state index in [1.807, 2.05) is 43.3 Å². The Kier molecular flexibility index (Phi) is 8.76. The van der Waals surface area contributed by atoms with E-state index in [4.69, 9.17) is 9.57 Å². The van der Waals surface area contributed by atoms with Crippen LogP contribution in [0.25, 0.3) is 11.3 Å². The normalized spacial score (nSPS) is 16.0. The molecule has 1 fully saturated rings. The Morgan fingerprint density at radius 2 is 1.68 bits per heavy atom. The van der Waals surface area contributed by atoms with Gasteiger partial charge in [0.25, 0.3) is 11.8 Å². The number of fused-ring (bicyclic) bond motifs is 1. The molecule has 2 heterocycles. The number of rotatable bonds is 9. The summed E-state index contributed by atoms with van der Waals surface area (Å²) < 4.78 is 4.89. The molecule has 212 valence electrons. The Labute approximate surface area is 239 Å². The first kappa shape index (κ1) is 28.1. The number of benzene rings is 3. The summed E-state index contributed by atoms with van der Waals surface area (Å²) in [6, 6.07) is 20.0. The summed E-state index contributed by atoms with van der Waals surface area (Å²) in [7, 11) is 1.33. The largest absolute Gasteiger partial charge is 0.465 e. The van der Waals surface area contributed by atoms with Crippen molar-refractivity contribution in [2.75, 3.05) is 44.0 Å². The highest BCUT2D eigenvalue weighted by atomic mass is 16.7. The van der Waals surface area contributed by atoms with Crippen LogP contribution in [-0.4, -0.2) is 56.0 Å². The number of hydrogen-bond acceptors (Lipinski definition) is 7. The highest BCUT2D eigenvalue weighted by molar-refractivity contribution is 6.37. The van der Waals surface area contributed by atoms with E-state index in [1.54, 1.807) is 30.3 Å². The summed E-state index contributed by atoms with van der Waals surface area (Å²) in [6.07, 6.45) is 3.70. The summed E-state index contributed by atoms with van der Waals surface area (Å²) in [4.78, 5) is 45.9. The van der Waals surface area contributed by atoms with Gasteiger partial charge in [-0.05, 0) is 80.4 Å². The van der Waals surface area contributed by atoms with Crippen LogP contribution in [0.2, 0.25) is 0 Å². The van der Waals surface area contributed by atoms with Gasteiger partial charge in [0.05, 0.1) is 36.2 Å². The molecular formula is C32H34N4O5. The zero-order valence-electron chi connectivity index (χ0n) is 23.3. The fourth-order valence-electron chi connectivity index (χ4n) is 5.17. The second-order valence-electron chi connectivity index (χ2n) is 10.2. The number of nitrogens with zero attached hydrogens (tertiary/aromatic N) is 1. The van der Waals surface area contributed by atoms with Crippen molar-refractivity contribution in [3.05, 3.63) is 94.5 Å². The van der Waals surface area contributed by atoms with E-state index in [2.05, 4.69) is 21.0 Å². The Morgan fingerprint density at radius 1 is 0.951 bits per heavy atom. The third kappa shape index (κ3) is 6.48. The number of piperidine rings is 1. The average Bonchev–Trinajstić information content (AvgIpc) is 3.32. The van der Waals surface area contributed by atoms with Crippen molar-refractivity contribution < 1.29 is 24.0 Å². The van der Waals surface area contributed by atoms with Crippen molar-refractivity contribution >= 4 is 40.4 Å². The van der Waals surface area contributed by atoms with Gasteiger partial charge in [0, 0.05) is 23.4 Å². The molecule has 0 bridgehead atoms. The molecule has 9 heteroatoms. The monoisotopic (exact) mass is 554 g/mol. The molecule has 0 aliphatic carbocycles.